The van der Waals surface area contributed by atoms with Gasteiger partial charge in [-0.05, 0) is 48.5 Å². The second-order valence-corrected chi connectivity index (χ2v) is 5.35. The minimum absolute atomic E-state index is 0.815. The quantitative estimate of drug-likeness (QED) is 0.772. The molecule has 1 heterocycles. The van der Waals surface area contributed by atoms with Crippen LogP contribution in [0.4, 0.5) is 11.4 Å². The van der Waals surface area contributed by atoms with Crippen molar-refractivity contribution in [3.8, 4) is 0 Å². The van der Waals surface area contributed by atoms with E-state index < -0.39 is 0 Å². The van der Waals surface area contributed by atoms with E-state index in [0.717, 1.165) is 23.8 Å². The van der Waals surface area contributed by atoms with Crippen LogP contribution < -0.4 is 11.1 Å². The minimum Gasteiger partial charge on any atom is -0.397 e. The molecule has 0 aromatic heterocycles. The summed E-state index contributed by atoms with van der Waals surface area (Å²) in [6.07, 6.45) is 1.34. The van der Waals surface area contributed by atoms with E-state index in [2.05, 4.69) is 30.1 Å². The maximum Gasteiger partial charge on any atom is 0.0576 e. The van der Waals surface area contributed by atoms with E-state index in [-0.39, 0.29) is 0 Å². The molecule has 3 heteroatoms. The highest BCUT2D eigenvalue weighted by Gasteiger charge is 2.15. The Kier molecular flexibility index (Phi) is 3.41. The summed E-state index contributed by atoms with van der Waals surface area (Å²) < 4.78 is 0. The van der Waals surface area contributed by atoms with Gasteiger partial charge in [0.1, 0.15) is 0 Å². The van der Waals surface area contributed by atoms with Crippen molar-refractivity contribution in [1.29, 1.82) is 0 Å². The van der Waals surface area contributed by atoms with Crippen LogP contribution in [0.1, 0.15) is 12.0 Å². The fraction of sp³-hybridized carbons (Fsp3) is 0.500. The molecule has 15 heavy (non-hydrogen) atoms. The number of nitrogen functional groups attached to an aromatic ring is 1. The van der Waals surface area contributed by atoms with Gasteiger partial charge in [-0.1, -0.05) is 6.07 Å². The Morgan fingerprint density at radius 1 is 1.53 bits per heavy atom. The first-order chi connectivity index (χ1) is 7.25. The van der Waals surface area contributed by atoms with Crippen molar-refractivity contribution in [2.24, 2.45) is 5.92 Å². The Bertz CT molecular complexity index is 332. The summed E-state index contributed by atoms with van der Waals surface area (Å²) in [6.45, 7) is 3.15. The standard InChI is InChI=1S/C12H18N2S/c1-9-2-3-11(13)12(6-9)14-7-10-4-5-15-8-10/h2-3,6,10,14H,4-5,7-8,13H2,1H3. The van der Waals surface area contributed by atoms with Gasteiger partial charge in [0.05, 0.1) is 11.4 Å². The van der Waals surface area contributed by atoms with Gasteiger partial charge in [-0.15, -0.1) is 0 Å². The second-order valence-electron chi connectivity index (χ2n) is 4.20. The smallest absolute Gasteiger partial charge is 0.0576 e. The Morgan fingerprint density at radius 2 is 2.40 bits per heavy atom. The predicted molar refractivity (Wildman–Crippen MR) is 69.5 cm³/mol. The van der Waals surface area contributed by atoms with Crippen molar-refractivity contribution in [2.45, 2.75) is 13.3 Å². The van der Waals surface area contributed by atoms with Crippen LogP contribution >= 0.6 is 11.8 Å². The molecule has 1 aromatic rings. The van der Waals surface area contributed by atoms with Crippen molar-refractivity contribution in [1.82, 2.24) is 0 Å². The summed E-state index contributed by atoms with van der Waals surface area (Å²) in [5.41, 5.74) is 9.11. The van der Waals surface area contributed by atoms with E-state index in [0.29, 0.717) is 0 Å². The molecule has 2 rings (SSSR count). The van der Waals surface area contributed by atoms with Gasteiger partial charge in [0.15, 0.2) is 0 Å². The van der Waals surface area contributed by atoms with Crippen molar-refractivity contribution >= 4 is 23.1 Å². The predicted octanol–water partition coefficient (Wildman–Crippen LogP) is 2.74. The molecular formula is C12H18N2S. The molecule has 1 aliphatic heterocycles. The lowest BCUT2D eigenvalue weighted by atomic mass is 10.1. The molecule has 0 aliphatic carbocycles. The number of rotatable bonds is 3. The van der Waals surface area contributed by atoms with Crippen molar-refractivity contribution in [3.05, 3.63) is 23.8 Å². The molecule has 0 saturated carbocycles. The van der Waals surface area contributed by atoms with E-state index in [4.69, 9.17) is 5.73 Å². The summed E-state index contributed by atoms with van der Waals surface area (Å²) in [6, 6.07) is 6.14. The Balaban J connectivity index is 1.94. The fourth-order valence-corrected chi connectivity index (χ4v) is 3.11. The number of hydrogen-bond donors (Lipinski definition) is 2. The lowest BCUT2D eigenvalue weighted by Gasteiger charge is -2.13. The van der Waals surface area contributed by atoms with E-state index in [1.165, 1.54) is 23.5 Å². The molecule has 1 unspecified atom stereocenters. The van der Waals surface area contributed by atoms with Crippen molar-refractivity contribution < 1.29 is 0 Å². The Labute approximate surface area is 95.6 Å². The topological polar surface area (TPSA) is 38.0 Å². The molecule has 3 N–H and O–H groups in total. The van der Waals surface area contributed by atoms with Crippen LogP contribution in [0.5, 0.6) is 0 Å². The molecule has 1 saturated heterocycles. The molecule has 0 bridgehead atoms. The zero-order valence-electron chi connectivity index (χ0n) is 9.12. The highest BCUT2D eigenvalue weighted by Crippen LogP contribution is 2.25. The second kappa shape index (κ2) is 4.79. The normalized spacial score (nSPS) is 20.5. The Morgan fingerprint density at radius 3 is 3.13 bits per heavy atom. The van der Waals surface area contributed by atoms with Gasteiger partial charge in [0.25, 0.3) is 0 Å². The van der Waals surface area contributed by atoms with Crippen LogP contribution in [0, 0.1) is 12.8 Å². The van der Waals surface area contributed by atoms with Gasteiger partial charge in [-0.2, -0.15) is 11.8 Å². The molecule has 0 amide bonds. The van der Waals surface area contributed by atoms with Gasteiger partial charge >= 0.3 is 0 Å². The third kappa shape index (κ3) is 2.81. The summed E-state index contributed by atoms with van der Waals surface area (Å²) in [5.74, 6) is 3.42. The first-order valence-corrected chi connectivity index (χ1v) is 6.59. The van der Waals surface area contributed by atoms with Gasteiger partial charge in [0, 0.05) is 6.54 Å². The number of aryl methyl sites for hydroxylation is 1. The number of nitrogens with one attached hydrogen (secondary N) is 1. The van der Waals surface area contributed by atoms with Crippen LogP contribution in [0.15, 0.2) is 18.2 Å². The molecule has 1 atom stereocenters. The highest BCUT2D eigenvalue weighted by molar-refractivity contribution is 7.99. The first-order valence-electron chi connectivity index (χ1n) is 5.43. The van der Waals surface area contributed by atoms with Crippen LogP contribution in [0.25, 0.3) is 0 Å². The van der Waals surface area contributed by atoms with Gasteiger partial charge < -0.3 is 11.1 Å². The first kappa shape index (κ1) is 10.7. The molecule has 0 spiro atoms. The van der Waals surface area contributed by atoms with E-state index >= 15 is 0 Å². The summed E-state index contributed by atoms with van der Waals surface area (Å²) >= 11 is 2.05. The summed E-state index contributed by atoms with van der Waals surface area (Å²) in [4.78, 5) is 0. The molecular weight excluding hydrogens is 204 g/mol. The van der Waals surface area contributed by atoms with Crippen molar-refractivity contribution in [3.63, 3.8) is 0 Å². The Hall–Kier alpha value is -0.830. The van der Waals surface area contributed by atoms with E-state index in [1.54, 1.807) is 0 Å². The number of benzene rings is 1. The molecule has 1 fully saturated rings. The molecule has 1 aromatic carbocycles. The zero-order chi connectivity index (χ0) is 10.7. The third-order valence-corrected chi connectivity index (χ3v) is 4.05. The minimum atomic E-state index is 0.815. The number of nitrogens with two attached hydrogens (primary N) is 1. The molecule has 1 aliphatic rings. The van der Waals surface area contributed by atoms with Crippen molar-refractivity contribution in [2.75, 3.05) is 29.1 Å². The third-order valence-electron chi connectivity index (χ3n) is 2.81. The van der Waals surface area contributed by atoms with Crippen LogP contribution in [0.2, 0.25) is 0 Å². The molecule has 0 radical (unpaired) electrons. The molecule has 2 nitrogen and oxygen atoms in total. The number of hydrogen-bond acceptors (Lipinski definition) is 3. The molecule has 82 valence electrons. The maximum atomic E-state index is 5.91. The average Bonchev–Trinajstić information content (AvgIpc) is 2.72. The van der Waals surface area contributed by atoms with Crippen LogP contribution in [-0.2, 0) is 0 Å². The maximum absolute atomic E-state index is 5.91. The van der Waals surface area contributed by atoms with E-state index in [9.17, 15) is 0 Å². The van der Waals surface area contributed by atoms with E-state index in [1.807, 2.05) is 12.1 Å². The lowest BCUT2D eigenvalue weighted by molar-refractivity contribution is 0.632. The highest BCUT2D eigenvalue weighted by atomic mass is 32.2. The largest absolute Gasteiger partial charge is 0.397 e. The van der Waals surface area contributed by atoms with Gasteiger partial charge in [0.2, 0.25) is 0 Å². The van der Waals surface area contributed by atoms with Gasteiger partial charge in [-0.3, -0.25) is 0 Å². The lowest BCUT2D eigenvalue weighted by Crippen LogP contribution is -2.14. The summed E-state index contributed by atoms with van der Waals surface area (Å²) in [7, 11) is 0. The fourth-order valence-electron chi connectivity index (χ4n) is 1.82. The number of anilines is 2. The van der Waals surface area contributed by atoms with Gasteiger partial charge in [-0.25, -0.2) is 0 Å². The number of thioether (sulfide) groups is 1. The van der Waals surface area contributed by atoms with Crippen LogP contribution in [0.3, 0.4) is 0 Å². The monoisotopic (exact) mass is 222 g/mol. The SMILES string of the molecule is Cc1ccc(N)c(NCC2CCSC2)c1. The average molecular weight is 222 g/mol. The zero-order valence-corrected chi connectivity index (χ0v) is 9.94. The summed E-state index contributed by atoms with van der Waals surface area (Å²) in [5, 5.41) is 3.46. The van der Waals surface area contributed by atoms with Crippen LogP contribution in [-0.4, -0.2) is 18.1 Å².